The number of esters is 1. The van der Waals surface area contributed by atoms with Gasteiger partial charge in [0.15, 0.2) is 0 Å². The number of ether oxygens (including phenoxy) is 1. The van der Waals surface area contributed by atoms with Gasteiger partial charge in [-0.2, -0.15) is 0 Å². The highest BCUT2D eigenvalue weighted by Gasteiger charge is 2.24. The average molecular weight is 304 g/mol. The van der Waals surface area contributed by atoms with Gasteiger partial charge in [0.2, 0.25) is 0 Å². The van der Waals surface area contributed by atoms with Crippen LogP contribution >= 0.6 is 23.2 Å². The molecule has 7 heteroatoms. The quantitative estimate of drug-likeness (QED) is 0.476. The summed E-state index contributed by atoms with van der Waals surface area (Å²) < 4.78 is 4.82. The predicted molar refractivity (Wildman–Crippen MR) is 76.6 cm³/mol. The Morgan fingerprint density at radius 2 is 2.16 bits per heavy atom. The van der Waals surface area contributed by atoms with Crippen molar-refractivity contribution in [2.75, 3.05) is 6.61 Å². The number of hydrogen-bond acceptors (Lipinski definition) is 5. The van der Waals surface area contributed by atoms with E-state index in [9.17, 15) is 4.79 Å². The van der Waals surface area contributed by atoms with Crippen LogP contribution < -0.4 is 5.32 Å². The van der Waals surface area contributed by atoms with Crippen molar-refractivity contribution in [2.24, 2.45) is 10.9 Å². The van der Waals surface area contributed by atoms with Crippen molar-refractivity contribution in [1.82, 2.24) is 5.32 Å². The van der Waals surface area contributed by atoms with Gasteiger partial charge in [-0.15, -0.1) is 0 Å². The van der Waals surface area contributed by atoms with Crippen LogP contribution in [-0.4, -0.2) is 23.5 Å². The molecule has 0 saturated heterocycles. The van der Waals surface area contributed by atoms with E-state index in [-0.39, 0.29) is 28.6 Å². The van der Waals surface area contributed by atoms with Crippen molar-refractivity contribution in [2.45, 2.75) is 20.8 Å². The molecule has 2 N–H and O–H groups in total. The van der Waals surface area contributed by atoms with Crippen LogP contribution in [0.2, 0.25) is 0 Å². The number of nitrogens with one attached hydrogen (secondary N) is 2. The van der Waals surface area contributed by atoms with Crippen molar-refractivity contribution in [1.29, 1.82) is 5.41 Å². The number of carbonyl (C=O) groups excluding carboxylic acids is 1. The fourth-order valence-electron chi connectivity index (χ4n) is 1.54. The molecule has 0 bridgehead atoms. The van der Waals surface area contributed by atoms with Crippen LogP contribution in [0.3, 0.4) is 0 Å². The number of rotatable bonds is 4. The summed E-state index contributed by atoms with van der Waals surface area (Å²) in [6.07, 6.45) is 1.44. The molecule has 0 amide bonds. The van der Waals surface area contributed by atoms with Gasteiger partial charge in [-0.05, 0) is 12.8 Å². The van der Waals surface area contributed by atoms with E-state index in [1.165, 1.54) is 6.08 Å². The summed E-state index contributed by atoms with van der Waals surface area (Å²) in [4.78, 5) is 15.7. The molecular formula is C12H15Cl2N3O2. The minimum atomic E-state index is -0.697. The van der Waals surface area contributed by atoms with Gasteiger partial charge in [0.25, 0.3) is 0 Å². The Labute approximate surface area is 121 Å². The standard InChI is InChI=1S/C12H15Cl2N3O2/c1-4-19-12(18)10(15)9(6(2)3)11-16-7(13)5-8(14)17-11/h5-6,15-16H,4H2,1-3H3/b11-9+,15-10?. The van der Waals surface area contributed by atoms with Crippen molar-refractivity contribution >= 4 is 40.1 Å². The van der Waals surface area contributed by atoms with E-state index in [0.717, 1.165) is 0 Å². The molecule has 1 aliphatic heterocycles. The number of allylic oxidation sites excluding steroid dienone is 1. The molecule has 1 rings (SSSR count). The molecule has 0 spiro atoms. The van der Waals surface area contributed by atoms with Crippen LogP contribution in [0, 0.1) is 11.3 Å². The maximum atomic E-state index is 11.7. The lowest BCUT2D eigenvalue weighted by atomic mass is 9.98. The minimum Gasteiger partial charge on any atom is -0.461 e. The maximum absolute atomic E-state index is 11.7. The average Bonchev–Trinajstić information content (AvgIpc) is 2.27. The second kappa shape index (κ2) is 6.73. The SMILES string of the molecule is CCOC(=O)C(=N)/C(=C1/N=C(Cl)C=C(Cl)N1)C(C)C. The third-order valence-electron chi connectivity index (χ3n) is 2.28. The number of carbonyl (C=O) groups is 1. The van der Waals surface area contributed by atoms with Crippen LogP contribution in [0.5, 0.6) is 0 Å². The van der Waals surface area contributed by atoms with Gasteiger partial charge in [-0.3, -0.25) is 5.41 Å². The molecule has 1 heterocycles. The third kappa shape index (κ3) is 4.08. The highest BCUT2D eigenvalue weighted by molar-refractivity contribution is 6.69. The molecule has 0 atom stereocenters. The lowest BCUT2D eigenvalue weighted by Crippen LogP contribution is -2.27. The third-order valence-corrected chi connectivity index (χ3v) is 2.68. The van der Waals surface area contributed by atoms with Crippen LogP contribution in [0.15, 0.2) is 27.6 Å². The van der Waals surface area contributed by atoms with E-state index >= 15 is 0 Å². The molecule has 104 valence electrons. The molecule has 0 saturated carbocycles. The largest absolute Gasteiger partial charge is 0.461 e. The van der Waals surface area contributed by atoms with Gasteiger partial charge in [0.05, 0.1) is 6.61 Å². The van der Waals surface area contributed by atoms with Crippen molar-refractivity contribution < 1.29 is 9.53 Å². The zero-order valence-corrected chi connectivity index (χ0v) is 12.4. The fourth-order valence-corrected chi connectivity index (χ4v) is 1.98. The van der Waals surface area contributed by atoms with Gasteiger partial charge >= 0.3 is 5.97 Å². The Morgan fingerprint density at radius 3 is 2.63 bits per heavy atom. The topological polar surface area (TPSA) is 74.5 Å². The summed E-state index contributed by atoms with van der Waals surface area (Å²) in [6, 6.07) is 0. The fraction of sp³-hybridized carbons (Fsp3) is 0.417. The van der Waals surface area contributed by atoms with Crippen LogP contribution in [0.4, 0.5) is 0 Å². The van der Waals surface area contributed by atoms with Crippen molar-refractivity contribution in [3.63, 3.8) is 0 Å². The maximum Gasteiger partial charge on any atom is 0.356 e. The first-order chi connectivity index (χ1) is 8.86. The molecule has 1 aliphatic rings. The molecule has 0 aromatic rings. The van der Waals surface area contributed by atoms with Crippen LogP contribution in [-0.2, 0) is 9.53 Å². The monoisotopic (exact) mass is 303 g/mol. The van der Waals surface area contributed by atoms with Gasteiger partial charge in [0.1, 0.15) is 21.9 Å². The Kier molecular flexibility index (Phi) is 5.57. The highest BCUT2D eigenvalue weighted by atomic mass is 35.5. The Balaban J connectivity index is 3.18. The Hall–Kier alpha value is -1.33. The normalized spacial score (nSPS) is 17.4. The lowest BCUT2D eigenvalue weighted by Gasteiger charge is -2.18. The molecule has 0 unspecified atom stereocenters. The second-order valence-corrected chi connectivity index (χ2v) is 4.86. The molecule has 0 aliphatic carbocycles. The second-order valence-electron chi connectivity index (χ2n) is 4.06. The van der Waals surface area contributed by atoms with E-state index in [1.54, 1.807) is 6.92 Å². The lowest BCUT2D eigenvalue weighted by molar-refractivity contribution is -0.135. The summed E-state index contributed by atoms with van der Waals surface area (Å²) in [7, 11) is 0. The van der Waals surface area contributed by atoms with E-state index in [1.807, 2.05) is 13.8 Å². The van der Waals surface area contributed by atoms with Gasteiger partial charge in [0, 0.05) is 11.6 Å². The predicted octanol–water partition coefficient (Wildman–Crippen LogP) is 2.76. The van der Waals surface area contributed by atoms with E-state index in [4.69, 9.17) is 33.3 Å². The summed E-state index contributed by atoms with van der Waals surface area (Å²) in [6.45, 7) is 5.57. The van der Waals surface area contributed by atoms with Crippen molar-refractivity contribution in [3.05, 3.63) is 22.6 Å². The van der Waals surface area contributed by atoms with Gasteiger partial charge in [-0.1, -0.05) is 37.0 Å². The summed E-state index contributed by atoms with van der Waals surface area (Å²) in [5.41, 5.74) is 0.154. The Morgan fingerprint density at radius 1 is 1.53 bits per heavy atom. The highest BCUT2D eigenvalue weighted by Crippen LogP contribution is 2.21. The first-order valence-electron chi connectivity index (χ1n) is 5.75. The summed E-state index contributed by atoms with van der Waals surface area (Å²) in [5, 5.41) is 11.2. The summed E-state index contributed by atoms with van der Waals surface area (Å²) in [5.74, 6) is -0.516. The van der Waals surface area contributed by atoms with E-state index in [0.29, 0.717) is 11.4 Å². The van der Waals surface area contributed by atoms with E-state index in [2.05, 4.69) is 10.3 Å². The first-order valence-corrected chi connectivity index (χ1v) is 6.51. The first kappa shape index (κ1) is 15.7. The van der Waals surface area contributed by atoms with Gasteiger partial charge < -0.3 is 10.1 Å². The zero-order valence-electron chi connectivity index (χ0n) is 10.9. The Bertz CT molecular complexity index is 493. The molecule has 19 heavy (non-hydrogen) atoms. The number of hydrogen-bond donors (Lipinski definition) is 2. The number of nitrogens with zero attached hydrogens (tertiary/aromatic N) is 1. The van der Waals surface area contributed by atoms with Gasteiger partial charge in [-0.25, -0.2) is 9.79 Å². The van der Waals surface area contributed by atoms with Crippen molar-refractivity contribution in [3.8, 4) is 0 Å². The molecule has 0 fully saturated rings. The summed E-state index contributed by atoms with van der Waals surface area (Å²) >= 11 is 11.7. The van der Waals surface area contributed by atoms with Crippen LogP contribution in [0.1, 0.15) is 20.8 Å². The molecule has 0 aromatic heterocycles. The smallest absolute Gasteiger partial charge is 0.356 e. The zero-order chi connectivity index (χ0) is 14.6. The number of aliphatic imine (C=N–C) groups is 1. The minimum absolute atomic E-state index is 0.116. The number of halogens is 2. The molecule has 0 aromatic carbocycles. The van der Waals surface area contributed by atoms with Crippen LogP contribution in [0.25, 0.3) is 0 Å². The molecule has 5 nitrogen and oxygen atoms in total. The molecular weight excluding hydrogens is 289 g/mol. The van der Waals surface area contributed by atoms with E-state index < -0.39 is 5.97 Å². The molecule has 0 radical (unpaired) electrons.